The van der Waals surface area contributed by atoms with Crippen molar-refractivity contribution < 1.29 is 119 Å². The summed E-state index contributed by atoms with van der Waals surface area (Å²) in [5.74, 6) is -1.65. The number of hydrogen-bond donors (Lipinski definition) is 0. The molecule has 12 nitrogen and oxygen atoms in total. The molecule has 0 fully saturated rings. The number of benzene rings is 3. The minimum atomic E-state index is -0.692. The van der Waals surface area contributed by atoms with Crippen LogP contribution in [0.5, 0.6) is 17.2 Å². The molecule has 3 aromatic carbocycles. The third-order valence-corrected chi connectivity index (χ3v) is 3.19. The molecule has 0 radical (unpaired) electrons. The maximum Gasteiger partial charge on any atom is 1.00 e. The molecule has 3 rings (SSSR count). The van der Waals surface area contributed by atoms with E-state index in [-0.39, 0.29) is 106 Å². The Morgan fingerprint density at radius 3 is 0.727 bits per heavy atom. The molecule has 0 saturated heterocycles. The van der Waals surface area contributed by atoms with Gasteiger partial charge in [-0.05, 0) is 17.2 Å². The molecule has 33 heavy (non-hydrogen) atoms. The van der Waals surface area contributed by atoms with E-state index < -0.39 is 32.0 Å². The molecule has 15 heteroatoms. The van der Waals surface area contributed by atoms with E-state index in [1.165, 1.54) is 54.6 Å². The summed E-state index contributed by atoms with van der Waals surface area (Å²) in [7, 11) is 0. The van der Waals surface area contributed by atoms with Crippen molar-refractivity contribution in [2.24, 2.45) is 0 Å². The first-order valence-electron chi connectivity index (χ1n) is 7.86. The summed E-state index contributed by atoms with van der Waals surface area (Å²) in [6.45, 7) is 0. The molecule has 0 unspecified atom stereocenters. The summed E-state index contributed by atoms with van der Waals surface area (Å²) in [4.78, 5) is 28.0. The van der Waals surface area contributed by atoms with Crippen LogP contribution in [0.1, 0.15) is 0 Å². The molecule has 0 aliphatic rings. The van der Waals surface area contributed by atoms with Gasteiger partial charge in [-0.15, -0.1) is 0 Å². The Kier molecular flexibility index (Phi) is 20.3. The third-order valence-electron chi connectivity index (χ3n) is 3.19. The zero-order valence-electron chi connectivity index (χ0n) is 17.9. The van der Waals surface area contributed by atoms with Gasteiger partial charge in [0, 0.05) is 18.2 Å². The molecule has 0 heterocycles. The van der Waals surface area contributed by atoms with Crippen LogP contribution in [0.25, 0.3) is 0 Å². The van der Waals surface area contributed by atoms with Crippen LogP contribution in [0.3, 0.4) is 0 Å². The van der Waals surface area contributed by atoms with Crippen LogP contribution in [0.15, 0.2) is 72.8 Å². The van der Waals surface area contributed by atoms with Gasteiger partial charge in [-0.25, -0.2) is 0 Å². The van der Waals surface area contributed by atoms with E-state index in [9.17, 15) is 45.7 Å². The quantitative estimate of drug-likeness (QED) is 0.197. The van der Waals surface area contributed by atoms with Crippen molar-refractivity contribution in [1.29, 1.82) is 0 Å². The molecule has 0 aliphatic heterocycles. The third kappa shape index (κ3) is 12.9. The van der Waals surface area contributed by atoms with Crippen molar-refractivity contribution in [3.8, 4) is 17.2 Å². The monoisotopic (exact) mass is 483 g/mol. The van der Waals surface area contributed by atoms with Crippen LogP contribution in [0.2, 0.25) is 0 Å². The van der Waals surface area contributed by atoms with Crippen molar-refractivity contribution in [2.75, 3.05) is 0 Å². The van der Waals surface area contributed by atoms with E-state index in [1.54, 1.807) is 0 Å². The van der Waals surface area contributed by atoms with Crippen molar-refractivity contribution in [3.05, 3.63) is 103 Å². The van der Waals surface area contributed by atoms with Crippen molar-refractivity contribution in [3.63, 3.8) is 0 Å². The second-order valence-corrected chi connectivity index (χ2v) is 5.17. The van der Waals surface area contributed by atoms with Crippen LogP contribution >= 0.6 is 0 Å². The van der Waals surface area contributed by atoms with Gasteiger partial charge >= 0.3 is 88.7 Å². The van der Waals surface area contributed by atoms with Crippen LogP contribution in [-0.2, 0) is 0 Å². The summed E-state index contributed by atoms with van der Waals surface area (Å²) in [5.41, 5.74) is -1.12. The van der Waals surface area contributed by atoms with Gasteiger partial charge in [-0.1, -0.05) is 54.6 Å². The Morgan fingerprint density at radius 1 is 0.424 bits per heavy atom. The molecule has 156 valence electrons. The zero-order chi connectivity index (χ0) is 22.7. The molecule has 0 aliphatic carbocycles. The Balaban J connectivity index is -0.000000391. The van der Waals surface area contributed by atoms with E-state index >= 15 is 0 Å². The first-order chi connectivity index (χ1) is 14.1. The maximum atomic E-state index is 10.6. The SMILES string of the molecule is O=[N+]([O-])c1ccccc1[O-].O=[N+]([O-])c1ccccc1[O-].O=[N+]([O-])c1ccccc1[O-].[Na+].[Na+].[Na+]. The molecular weight excluding hydrogens is 471 g/mol. The summed E-state index contributed by atoms with van der Waals surface area (Å²) in [5, 5.41) is 61.9. The van der Waals surface area contributed by atoms with E-state index in [1.807, 2.05) is 0 Å². The van der Waals surface area contributed by atoms with E-state index in [2.05, 4.69) is 0 Å². The van der Waals surface area contributed by atoms with Gasteiger partial charge in [0.15, 0.2) is 0 Å². The molecule has 0 spiro atoms. The van der Waals surface area contributed by atoms with Gasteiger partial charge in [0.1, 0.15) is 0 Å². The predicted molar refractivity (Wildman–Crippen MR) is 97.6 cm³/mol. The standard InChI is InChI=1S/3C6H5NO3.3Na/c3*8-6-4-2-1-3-5(6)7(9)10;;;/h3*1-4,8H;;;/q;;;3*+1/p-3. The van der Waals surface area contributed by atoms with Gasteiger partial charge in [0.25, 0.3) is 17.1 Å². The molecule has 0 N–H and O–H groups in total. The smallest absolute Gasteiger partial charge is 0.868 e. The molecule has 0 aromatic heterocycles. The number of rotatable bonds is 3. The normalized spacial score (nSPS) is 8.36. The Labute approximate surface area is 253 Å². The molecule has 3 aromatic rings. The number of nitro groups is 3. The number of nitro benzene ring substituents is 3. The van der Waals surface area contributed by atoms with Crippen molar-refractivity contribution >= 4 is 17.1 Å². The fourth-order valence-corrected chi connectivity index (χ4v) is 1.82. The number of para-hydroxylation sites is 6. The zero-order valence-corrected chi connectivity index (χ0v) is 23.9. The van der Waals surface area contributed by atoms with Crippen LogP contribution in [0, 0.1) is 30.3 Å². The largest absolute Gasteiger partial charge is 1.00 e. The average molecular weight is 483 g/mol. The van der Waals surface area contributed by atoms with Crippen LogP contribution < -0.4 is 104 Å². The average Bonchev–Trinajstić information content (AvgIpc) is 2.69. The first kappa shape index (κ1) is 35.8. The molecular formula is C18H12N3Na3O9. The fraction of sp³-hybridized carbons (Fsp3) is 0. The van der Waals surface area contributed by atoms with Crippen LogP contribution in [-0.4, -0.2) is 14.8 Å². The number of nitrogens with zero attached hydrogens (tertiary/aromatic N) is 3. The van der Waals surface area contributed by atoms with Gasteiger partial charge < -0.3 is 15.3 Å². The van der Waals surface area contributed by atoms with E-state index in [0.717, 1.165) is 18.2 Å². The van der Waals surface area contributed by atoms with E-state index in [0.29, 0.717) is 0 Å². The van der Waals surface area contributed by atoms with Crippen molar-refractivity contribution in [2.45, 2.75) is 0 Å². The predicted octanol–water partition coefficient (Wildman–Crippen LogP) is -6.98. The first-order valence-corrected chi connectivity index (χ1v) is 7.86. The van der Waals surface area contributed by atoms with Crippen molar-refractivity contribution in [1.82, 2.24) is 0 Å². The molecule has 0 saturated carbocycles. The maximum absolute atomic E-state index is 10.6. The summed E-state index contributed by atoms with van der Waals surface area (Å²) in [6.07, 6.45) is 0. The van der Waals surface area contributed by atoms with Gasteiger partial charge in [0.2, 0.25) is 0 Å². The second kappa shape index (κ2) is 18.7. The van der Waals surface area contributed by atoms with Gasteiger partial charge in [-0.2, -0.15) is 0 Å². The van der Waals surface area contributed by atoms with E-state index in [4.69, 9.17) is 0 Å². The Hall–Kier alpha value is -1.74. The molecule has 0 amide bonds. The Morgan fingerprint density at radius 2 is 0.606 bits per heavy atom. The Bertz CT molecular complexity index is 923. The second-order valence-electron chi connectivity index (χ2n) is 5.17. The number of hydrogen-bond acceptors (Lipinski definition) is 9. The molecule has 0 bridgehead atoms. The topological polar surface area (TPSA) is 199 Å². The van der Waals surface area contributed by atoms with Gasteiger partial charge in [0.05, 0.1) is 14.8 Å². The fourth-order valence-electron chi connectivity index (χ4n) is 1.82. The summed E-state index contributed by atoms with van der Waals surface area (Å²) in [6, 6.07) is 15.8. The molecule has 0 atom stereocenters. The minimum absolute atomic E-state index is 0. The van der Waals surface area contributed by atoms with Crippen LogP contribution in [0.4, 0.5) is 17.1 Å². The van der Waals surface area contributed by atoms with Gasteiger partial charge in [-0.3, -0.25) is 30.3 Å². The minimum Gasteiger partial charge on any atom is -0.868 e. The summed E-state index contributed by atoms with van der Waals surface area (Å²) >= 11 is 0. The summed E-state index contributed by atoms with van der Waals surface area (Å²) < 4.78 is 0.